The zero-order valence-corrected chi connectivity index (χ0v) is 5.13. The van der Waals surface area contributed by atoms with Crippen LogP contribution in [0.5, 0.6) is 0 Å². The molecule has 0 aromatic rings. The second-order valence-corrected chi connectivity index (χ2v) is 1.46. The van der Waals surface area contributed by atoms with Gasteiger partial charge in [-0.25, -0.2) is 0 Å². The maximum absolute atomic E-state index is 10.1. The zero-order valence-electron chi connectivity index (χ0n) is 5.13. The predicted molar refractivity (Wildman–Crippen MR) is 30.2 cm³/mol. The highest BCUT2D eigenvalue weighted by atomic mass is 16.5. The minimum Gasteiger partial charge on any atom is -0.446 e. The molecular formula is C5H8N2O2. The van der Waals surface area contributed by atoms with Crippen molar-refractivity contribution in [1.82, 2.24) is 0 Å². The number of esters is 1. The van der Waals surface area contributed by atoms with Crippen LogP contribution in [-0.4, -0.2) is 18.6 Å². The van der Waals surface area contributed by atoms with Crippen LogP contribution in [0.15, 0.2) is 0 Å². The van der Waals surface area contributed by atoms with E-state index in [1.54, 1.807) is 6.07 Å². The van der Waals surface area contributed by atoms with Gasteiger partial charge >= 0.3 is 5.97 Å². The molecule has 0 saturated carbocycles. The van der Waals surface area contributed by atoms with Crippen LogP contribution in [0.25, 0.3) is 0 Å². The molecule has 0 bridgehead atoms. The first-order valence-electron chi connectivity index (χ1n) is 2.47. The quantitative estimate of drug-likeness (QED) is 0.504. The molecule has 0 aliphatic heterocycles. The second kappa shape index (κ2) is 3.87. The molecule has 0 amide bonds. The van der Waals surface area contributed by atoms with Crippen molar-refractivity contribution in [2.45, 2.75) is 13.0 Å². The smallest absolute Gasteiger partial charge is 0.303 e. The van der Waals surface area contributed by atoms with Gasteiger partial charge in [-0.3, -0.25) is 4.79 Å². The number of ether oxygens (including phenoxy) is 1. The summed E-state index contributed by atoms with van der Waals surface area (Å²) in [5.74, 6) is -0.480. The molecule has 0 spiro atoms. The number of nitrogens with zero attached hydrogens (tertiary/aromatic N) is 1. The Balaban J connectivity index is 3.60. The third kappa shape index (κ3) is 3.50. The Morgan fingerprint density at radius 3 is 2.67 bits per heavy atom. The normalized spacial score (nSPS) is 11.7. The number of hydrogen-bond acceptors (Lipinski definition) is 4. The van der Waals surface area contributed by atoms with Gasteiger partial charge in [0.15, 0.2) is 6.10 Å². The van der Waals surface area contributed by atoms with E-state index < -0.39 is 12.1 Å². The lowest BCUT2D eigenvalue weighted by atomic mass is 10.4. The third-order valence-electron chi connectivity index (χ3n) is 0.666. The van der Waals surface area contributed by atoms with Crippen molar-refractivity contribution in [2.24, 2.45) is 5.73 Å². The van der Waals surface area contributed by atoms with Crippen molar-refractivity contribution >= 4 is 5.97 Å². The molecule has 0 saturated heterocycles. The van der Waals surface area contributed by atoms with Crippen LogP contribution in [0.3, 0.4) is 0 Å². The fourth-order valence-electron chi connectivity index (χ4n) is 0.328. The molecule has 2 N–H and O–H groups in total. The van der Waals surface area contributed by atoms with E-state index in [9.17, 15) is 4.79 Å². The lowest BCUT2D eigenvalue weighted by Crippen LogP contribution is -2.23. The molecular weight excluding hydrogens is 120 g/mol. The van der Waals surface area contributed by atoms with E-state index in [2.05, 4.69) is 4.74 Å². The van der Waals surface area contributed by atoms with E-state index in [1.165, 1.54) is 6.92 Å². The maximum atomic E-state index is 10.1. The van der Waals surface area contributed by atoms with Gasteiger partial charge < -0.3 is 10.5 Å². The Labute approximate surface area is 53.2 Å². The van der Waals surface area contributed by atoms with Crippen molar-refractivity contribution in [3.05, 3.63) is 0 Å². The minimum absolute atomic E-state index is 0.0517. The lowest BCUT2D eigenvalue weighted by molar-refractivity contribution is -0.143. The third-order valence-corrected chi connectivity index (χ3v) is 0.666. The fourth-order valence-corrected chi connectivity index (χ4v) is 0.328. The van der Waals surface area contributed by atoms with Crippen LogP contribution in [0.4, 0.5) is 0 Å². The van der Waals surface area contributed by atoms with Crippen LogP contribution < -0.4 is 5.73 Å². The summed E-state index contributed by atoms with van der Waals surface area (Å²) in [7, 11) is 0. The molecule has 0 fully saturated rings. The Hall–Kier alpha value is -1.08. The van der Waals surface area contributed by atoms with Crippen molar-refractivity contribution in [1.29, 1.82) is 5.26 Å². The highest BCUT2D eigenvalue weighted by molar-refractivity contribution is 5.66. The van der Waals surface area contributed by atoms with Gasteiger partial charge in [0.25, 0.3) is 0 Å². The largest absolute Gasteiger partial charge is 0.446 e. The SMILES string of the molecule is CC(=O)OC(C#N)CN. The van der Waals surface area contributed by atoms with Crippen LogP contribution in [0.2, 0.25) is 0 Å². The summed E-state index contributed by atoms with van der Waals surface area (Å²) in [5.41, 5.74) is 5.03. The number of hydrogen-bond donors (Lipinski definition) is 1. The summed E-state index contributed by atoms with van der Waals surface area (Å²) in [5, 5.41) is 8.17. The summed E-state index contributed by atoms with van der Waals surface area (Å²) < 4.78 is 4.42. The van der Waals surface area contributed by atoms with E-state index in [0.717, 1.165) is 0 Å². The van der Waals surface area contributed by atoms with Crippen LogP contribution >= 0.6 is 0 Å². The Morgan fingerprint density at radius 2 is 2.56 bits per heavy atom. The van der Waals surface area contributed by atoms with Crippen molar-refractivity contribution in [3.63, 3.8) is 0 Å². The van der Waals surface area contributed by atoms with Crippen LogP contribution in [0, 0.1) is 11.3 Å². The lowest BCUT2D eigenvalue weighted by Gasteiger charge is -2.03. The van der Waals surface area contributed by atoms with Crippen molar-refractivity contribution in [2.75, 3.05) is 6.54 Å². The molecule has 0 aromatic carbocycles. The van der Waals surface area contributed by atoms with E-state index in [1.807, 2.05) is 0 Å². The average Bonchev–Trinajstić information content (AvgIpc) is 1.82. The Kier molecular flexibility index (Phi) is 3.40. The number of nitrogens with two attached hydrogens (primary N) is 1. The molecule has 0 heterocycles. The summed E-state index contributed by atoms with van der Waals surface area (Å²) in [4.78, 5) is 10.1. The molecule has 0 radical (unpaired) electrons. The summed E-state index contributed by atoms with van der Waals surface area (Å²) in [6, 6.07) is 1.72. The summed E-state index contributed by atoms with van der Waals surface area (Å²) >= 11 is 0. The van der Waals surface area contributed by atoms with Gasteiger partial charge in [-0.05, 0) is 0 Å². The van der Waals surface area contributed by atoms with Gasteiger partial charge in [0.05, 0.1) is 0 Å². The second-order valence-electron chi connectivity index (χ2n) is 1.46. The maximum Gasteiger partial charge on any atom is 0.303 e. The molecule has 0 aliphatic rings. The predicted octanol–water partition coefficient (Wildman–Crippen LogP) is -0.600. The molecule has 9 heavy (non-hydrogen) atoms. The number of carbonyl (C=O) groups excluding carboxylic acids is 1. The topological polar surface area (TPSA) is 76.1 Å². The molecule has 0 rings (SSSR count). The van der Waals surface area contributed by atoms with Gasteiger partial charge in [-0.1, -0.05) is 0 Å². The molecule has 1 unspecified atom stereocenters. The molecule has 0 aliphatic carbocycles. The average molecular weight is 128 g/mol. The summed E-state index contributed by atoms with van der Waals surface area (Å²) in [6.45, 7) is 1.29. The van der Waals surface area contributed by atoms with E-state index >= 15 is 0 Å². The summed E-state index contributed by atoms with van der Waals surface area (Å²) in [6.07, 6.45) is -0.789. The molecule has 1 atom stereocenters. The number of rotatable bonds is 2. The first-order valence-corrected chi connectivity index (χ1v) is 2.47. The molecule has 4 nitrogen and oxygen atoms in total. The fraction of sp³-hybridized carbons (Fsp3) is 0.600. The Bertz CT molecular complexity index is 138. The van der Waals surface area contributed by atoms with Crippen LogP contribution in [-0.2, 0) is 9.53 Å². The monoisotopic (exact) mass is 128 g/mol. The first kappa shape index (κ1) is 7.92. The molecule has 4 heteroatoms. The van der Waals surface area contributed by atoms with Crippen LogP contribution in [0.1, 0.15) is 6.92 Å². The van der Waals surface area contributed by atoms with Gasteiger partial charge in [0, 0.05) is 13.5 Å². The van der Waals surface area contributed by atoms with Gasteiger partial charge in [-0.15, -0.1) is 0 Å². The highest BCUT2D eigenvalue weighted by Gasteiger charge is 2.05. The van der Waals surface area contributed by atoms with Gasteiger partial charge in [-0.2, -0.15) is 5.26 Å². The van der Waals surface area contributed by atoms with Crippen molar-refractivity contribution < 1.29 is 9.53 Å². The number of carbonyl (C=O) groups is 1. The van der Waals surface area contributed by atoms with Crippen molar-refractivity contribution in [3.8, 4) is 6.07 Å². The zero-order chi connectivity index (χ0) is 7.28. The standard InChI is InChI=1S/C5H8N2O2/c1-4(8)9-5(2-6)3-7/h5H,2,6H2,1H3. The van der Waals surface area contributed by atoms with E-state index in [0.29, 0.717) is 0 Å². The van der Waals surface area contributed by atoms with E-state index in [-0.39, 0.29) is 6.54 Å². The number of nitriles is 1. The van der Waals surface area contributed by atoms with Gasteiger partial charge in [0.2, 0.25) is 0 Å². The highest BCUT2D eigenvalue weighted by Crippen LogP contribution is 1.86. The minimum atomic E-state index is -0.789. The van der Waals surface area contributed by atoms with E-state index in [4.69, 9.17) is 11.0 Å². The Morgan fingerprint density at radius 1 is 2.00 bits per heavy atom. The molecule has 50 valence electrons. The van der Waals surface area contributed by atoms with Gasteiger partial charge in [0.1, 0.15) is 6.07 Å². The molecule has 0 aromatic heterocycles. The first-order chi connectivity index (χ1) is 4.20.